The quantitative estimate of drug-likeness (QED) is 0.848. The molecule has 2 aliphatic rings. The van der Waals surface area contributed by atoms with Crippen LogP contribution in [0.5, 0.6) is 17.2 Å². The maximum atomic E-state index is 13.1. The average molecular weight is 333 g/mol. The van der Waals surface area contributed by atoms with Crippen molar-refractivity contribution < 1.29 is 19.0 Å². The third-order valence-electron chi connectivity index (χ3n) is 5.51. The SMILES string of the molecule is COc1cc(OC)c(C(=O)N2CC[C@@H]3CCCC[C@H]3C2)cc1OC. The fourth-order valence-electron chi connectivity index (χ4n) is 4.15. The monoisotopic (exact) mass is 333 g/mol. The normalized spacial score (nSPS) is 23.4. The first-order valence-electron chi connectivity index (χ1n) is 8.77. The number of ether oxygens (including phenoxy) is 3. The average Bonchev–Trinajstić information content (AvgIpc) is 2.65. The second-order valence-corrected chi connectivity index (χ2v) is 6.75. The standard InChI is InChI=1S/C19H27NO4/c1-22-16-11-18(24-3)17(23-2)10-15(16)19(21)20-9-8-13-6-4-5-7-14(13)12-20/h10-11,13-14H,4-9,12H2,1-3H3/t13-,14-/m0/s1. The molecule has 0 radical (unpaired) electrons. The second kappa shape index (κ2) is 7.32. The summed E-state index contributed by atoms with van der Waals surface area (Å²) in [5, 5.41) is 0. The van der Waals surface area contributed by atoms with E-state index in [4.69, 9.17) is 14.2 Å². The van der Waals surface area contributed by atoms with Gasteiger partial charge in [-0.3, -0.25) is 4.79 Å². The van der Waals surface area contributed by atoms with Crippen LogP contribution in [-0.4, -0.2) is 45.2 Å². The lowest BCUT2D eigenvalue weighted by molar-refractivity contribution is 0.0517. The van der Waals surface area contributed by atoms with E-state index in [2.05, 4.69) is 0 Å². The molecular weight excluding hydrogens is 306 g/mol. The van der Waals surface area contributed by atoms with Gasteiger partial charge in [0, 0.05) is 25.2 Å². The molecule has 1 heterocycles. The molecule has 3 rings (SSSR count). The van der Waals surface area contributed by atoms with Crippen LogP contribution in [0.1, 0.15) is 42.5 Å². The van der Waals surface area contributed by atoms with E-state index in [0.29, 0.717) is 28.7 Å². The summed E-state index contributed by atoms with van der Waals surface area (Å²) < 4.78 is 16.1. The van der Waals surface area contributed by atoms with Gasteiger partial charge in [-0.05, 0) is 24.7 Å². The molecule has 132 valence electrons. The van der Waals surface area contributed by atoms with E-state index in [1.54, 1.807) is 33.5 Å². The van der Waals surface area contributed by atoms with Crippen LogP contribution in [0.2, 0.25) is 0 Å². The lowest BCUT2D eigenvalue weighted by Gasteiger charge is -2.41. The number of likely N-dealkylation sites (tertiary alicyclic amines) is 1. The first-order chi connectivity index (χ1) is 11.7. The van der Waals surface area contributed by atoms with Crippen molar-refractivity contribution in [2.45, 2.75) is 32.1 Å². The first-order valence-corrected chi connectivity index (χ1v) is 8.77. The topological polar surface area (TPSA) is 48.0 Å². The number of carbonyl (C=O) groups excluding carboxylic acids is 1. The largest absolute Gasteiger partial charge is 0.496 e. The molecule has 5 heteroatoms. The van der Waals surface area contributed by atoms with Gasteiger partial charge in [-0.25, -0.2) is 0 Å². The fraction of sp³-hybridized carbons (Fsp3) is 0.632. The zero-order chi connectivity index (χ0) is 17.1. The molecular formula is C19H27NO4. The van der Waals surface area contributed by atoms with Crippen molar-refractivity contribution in [2.24, 2.45) is 11.8 Å². The summed E-state index contributed by atoms with van der Waals surface area (Å²) in [6.45, 7) is 1.69. The number of hydrogen-bond donors (Lipinski definition) is 0. The highest BCUT2D eigenvalue weighted by Gasteiger charge is 2.34. The van der Waals surface area contributed by atoms with E-state index >= 15 is 0 Å². The van der Waals surface area contributed by atoms with Gasteiger partial charge >= 0.3 is 0 Å². The number of piperidine rings is 1. The Morgan fingerprint density at radius 2 is 1.54 bits per heavy atom. The minimum Gasteiger partial charge on any atom is -0.496 e. The Morgan fingerprint density at radius 3 is 2.21 bits per heavy atom. The van der Waals surface area contributed by atoms with Gasteiger partial charge in [-0.2, -0.15) is 0 Å². The van der Waals surface area contributed by atoms with Crippen LogP contribution < -0.4 is 14.2 Å². The highest BCUT2D eigenvalue weighted by atomic mass is 16.5. The van der Waals surface area contributed by atoms with Crippen molar-refractivity contribution in [3.63, 3.8) is 0 Å². The maximum Gasteiger partial charge on any atom is 0.257 e. The van der Waals surface area contributed by atoms with E-state index in [1.165, 1.54) is 25.7 Å². The predicted octanol–water partition coefficient (Wildman–Crippen LogP) is 3.36. The van der Waals surface area contributed by atoms with Crippen molar-refractivity contribution in [2.75, 3.05) is 34.4 Å². The Kier molecular flexibility index (Phi) is 5.17. The summed E-state index contributed by atoms with van der Waals surface area (Å²) >= 11 is 0. The van der Waals surface area contributed by atoms with Gasteiger partial charge in [-0.1, -0.05) is 19.3 Å². The zero-order valence-electron chi connectivity index (χ0n) is 14.8. The molecule has 24 heavy (non-hydrogen) atoms. The molecule has 1 amide bonds. The van der Waals surface area contributed by atoms with E-state index in [0.717, 1.165) is 25.4 Å². The molecule has 1 aromatic rings. The van der Waals surface area contributed by atoms with Crippen molar-refractivity contribution in [3.05, 3.63) is 17.7 Å². The van der Waals surface area contributed by atoms with Crippen LogP contribution in [0.3, 0.4) is 0 Å². The molecule has 0 unspecified atom stereocenters. The number of fused-ring (bicyclic) bond motifs is 1. The van der Waals surface area contributed by atoms with Gasteiger partial charge in [0.1, 0.15) is 5.75 Å². The lowest BCUT2D eigenvalue weighted by Crippen LogP contribution is -2.44. The third-order valence-corrected chi connectivity index (χ3v) is 5.51. The maximum absolute atomic E-state index is 13.1. The number of rotatable bonds is 4. The Balaban J connectivity index is 1.83. The number of amides is 1. The smallest absolute Gasteiger partial charge is 0.257 e. The Morgan fingerprint density at radius 1 is 0.917 bits per heavy atom. The minimum absolute atomic E-state index is 0.0248. The van der Waals surface area contributed by atoms with Crippen molar-refractivity contribution in [1.82, 2.24) is 4.90 Å². The third kappa shape index (κ3) is 3.17. The van der Waals surface area contributed by atoms with Gasteiger partial charge in [0.05, 0.1) is 26.9 Å². The number of benzene rings is 1. The molecule has 0 aromatic heterocycles. The Hall–Kier alpha value is -1.91. The van der Waals surface area contributed by atoms with Gasteiger partial charge in [0.25, 0.3) is 5.91 Å². The fourth-order valence-corrected chi connectivity index (χ4v) is 4.15. The summed E-state index contributed by atoms with van der Waals surface area (Å²) in [7, 11) is 4.73. The van der Waals surface area contributed by atoms with Crippen LogP contribution in [-0.2, 0) is 0 Å². The number of hydrogen-bond acceptors (Lipinski definition) is 4. The summed E-state index contributed by atoms with van der Waals surface area (Å²) in [5.74, 6) is 3.13. The molecule has 1 saturated heterocycles. The summed E-state index contributed by atoms with van der Waals surface area (Å²) in [6, 6.07) is 3.45. The molecule has 5 nitrogen and oxygen atoms in total. The van der Waals surface area contributed by atoms with Crippen LogP contribution in [0.4, 0.5) is 0 Å². The highest BCUT2D eigenvalue weighted by Crippen LogP contribution is 2.38. The van der Waals surface area contributed by atoms with E-state index in [-0.39, 0.29) is 5.91 Å². The predicted molar refractivity (Wildman–Crippen MR) is 92.1 cm³/mol. The Bertz CT molecular complexity index is 601. The number of methoxy groups -OCH3 is 3. The van der Waals surface area contributed by atoms with E-state index in [1.807, 2.05) is 4.90 Å². The molecule has 0 spiro atoms. The zero-order valence-corrected chi connectivity index (χ0v) is 14.8. The lowest BCUT2D eigenvalue weighted by atomic mass is 9.75. The van der Waals surface area contributed by atoms with Crippen molar-refractivity contribution >= 4 is 5.91 Å². The highest BCUT2D eigenvalue weighted by molar-refractivity contribution is 5.98. The number of nitrogens with zero attached hydrogens (tertiary/aromatic N) is 1. The van der Waals surface area contributed by atoms with Gasteiger partial charge < -0.3 is 19.1 Å². The van der Waals surface area contributed by atoms with Crippen molar-refractivity contribution in [3.8, 4) is 17.2 Å². The summed E-state index contributed by atoms with van der Waals surface area (Å²) in [6.07, 6.45) is 6.33. The van der Waals surface area contributed by atoms with Gasteiger partial charge in [0.2, 0.25) is 0 Å². The van der Waals surface area contributed by atoms with Crippen LogP contribution in [0.15, 0.2) is 12.1 Å². The molecule has 2 fully saturated rings. The summed E-state index contributed by atoms with van der Waals surface area (Å²) in [4.78, 5) is 15.1. The van der Waals surface area contributed by atoms with E-state index < -0.39 is 0 Å². The second-order valence-electron chi connectivity index (χ2n) is 6.75. The molecule has 1 aliphatic carbocycles. The van der Waals surface area contributed by atoms with Crippen LogP contribution in [0.25, 0.3) is 0 Å². The minimum atomic E-state index is 0.0248. The van der Waals surface area contributed by atoms with Crippen LogP contribution in [0, 0.1) is 11.8 Å². The molecule has 0 bridgehead atoms. The van der Waals surface area contributed by atoms with Crippen molar-refractivity contribution in [1.29, 1.82) is 0 Å². The molecule has 1 aliphatic heterocycles. The first kappa shape index (κ1) is 16.9. The van der Waals surface area contributed by atoms with Gasteiger partial charge in [-0.15, -0.1) is 0 Å². The number of carbonyl (C=O) groups is 1. The summed E-state index contributed by atoms with van der Waals surface area (Å²) in [5.41, 5.74) is 0.546. The van der Waals surface area contributed by atoms with Crippen LogP contribution >= 0.6 is 0 Å². The Labute approximate surface area is 143 Å². The van der Waals surface area contributed by atoms with Gasteiger partial charge in [0.15, 0.2) is 11.5 Å². The molecule has 2 atom stereocenters. The molecule has 1 saturated carbocycles. The molecule has 1 aromatic carbocycles. The molecule has 0 N–H and O–H groups in total. The van der Waals surface area contributed by atoms with E-state index in [9.17, 15) is 4.79 Å².